The summed E-state index contributed by atoms with van der Waals surface area (Å²) in [6.07, 6.45) is 0.496. The summed E-state index contributed by atoms with van der Waals surface area (Å²) in [5.74, 6) is -0.315. The molecule has 0 aliphatic carbocycles. The molecular formula is C26H29NO5S. The highest BCUT2D eigenvalue weighted by Crippen LogP contribution is 2.28. The zero-order valence-corrected chi connectivity index (χ0v) is 19.6. The first kappa shape index (κ1) is 24.5. The van der Waals surface area contributed by atoms with E-state index >= 15 is 0 Å². The van der Waals surface area contributed by atoms with Gasteiger partial charge in [-0.1, -0.05) is 60.7 Å². The number of hydrogen-bond donors (Lipinski definition) is 1. The second kappa shape index (κ2) is 11.1. The van der Waals surface area contributed by atoms with E-state index in [1.165, 1.54) is 12.1 Å². The van der Waals surface area contributed by atoms with Gasteiger partial charge in [0.25, 0.3) is 0 Å². The Morgan fingerprint density at radius 1 is 0.879 bits per heavy atom. The molecule has 3 aromatic carbocycles. The molecule has 0 amide bonds. The largest absolute Gasteiger partial charge is 0.463 e. The summed E-state index contributed by atoms with van der Waals surface area (Å²) in [6, 6.07) is 24.2. The second-order valence-corrected chi connectivity index (χ2v) is 9.67. The van der Waals surface area contributed by atoms with E-state index in [4.69, 9.17) is 14.7 Å². The van der Waals surface area contributed by atoms with E-state index in [0.717, 1.165) is 11.1 Å². The molecule has 0 heterocycles. The lowest BCUT2D eigenvalue weighted by Gasteiger charge is -2.25. The van der Waals surface area contributed by atoms with Gasteiger partial charge in [0.1, 0.15) is 10.6 Å². The van der Waals surface area contributed by atoms with Crippen LogP contribution >= 0.6 is 0 Å². The number of benzene rings is 3. The number of ether oxygens (including phenoxy) is 1. The molecule has 3 aromatic rings. The molecule has 0 saturated heterocycles. The van der Waals surface area contributed by atoms with Crippen molar-refractivity contribution in [1.29, 1.82) is 0 Å². The molecule has 33 heavy (non-hydrogen) atoms. The molecule has 174 valence electrons. The van der Waals surface area contributed by atoms with Crippen LogP contribution in [0.2, 0.25) is 0 Å². The Bertz CT molecular complexity index is 1130. The molecule has 0 bridgehead atoms. The highest BCUT2D eigenvalue weighted by molar-refractivity contribution is 7.87. The van der Waals surface area contributed by atoms with Gasteiger partial charge in [-0.25, -0.2) is 0 Å². The first-order valence-electron chi connectivity index (χ1n) is 10.8. The van der Waals surface area contributed by atoms with Crippen LogP contribution in [-0.2, 0) is 26.1 Å². The van der Waals surface area contributed by atoms with E-state index in [1.807, 2.05) is 30.3 Å². The molecule has 0 saturated carbocycles. The standard InChI is InChI=1S/C26H29NO5S/c1-19(2)31-26(28)18-25(27)24(17-20-9-5-3-6-10-20)21-13-15-22(16-14-21)32-33(29,30)23-11-7-4-8-12-23/h3-16,19,24-25H,17-18,27H2,1-2H3. The second-order valence-electron chi connectivity index (χ2n) is 8.12. The maximum absolute atomic E-state index is 12.5. The third kappa shape index (κ3) is 7.17. The minimum absolute atomic E-state index is 0.0797. The fourth-order valence-electron chi connectivity index (χ4n) is 3.56. The first-order chi connectivity index (χ1) is 15.7. The number of rotatable bonds is 10. The molecule has 3 rings (SSSR count). The lowest BCUT2D eigenvalue weighted by atomic mass is 9.85. The van der Waals surface area contributed by atoms with Gasteiger partial charge in [0.05, 0.1) is 12.5 Å². The van der Waals surface area contributed by atoms with Gasteiger partial charge in [-0.3, -0.25) is 4.79 Å². The third-order valence-corrected chi connectivity index (χ3v) is 6.39. The predicted molar refractivity (Wildman–Crippen MR) is 127 cm³/mol. The van der Waals surface area contributed by atoms with Crippen molar-refractivity contribution >= 4 is 16.1 Å². The maximum Gasteiger partial charge on any atom is 0.339 e. The van der Waals surface area contributed by atoms with Gasteiger partial charge in [-0.2, -0.15) is 8.42 Å². The smallest absolute Gasteiger partial charge is 0.339 e. The molecule has 2 N–H and O–H groups in total. The van der Waals surface area contributed by atoms with Crippen molar-refractivity contribution < 1.29 is 22.1 Å². The van der Waals surface area contributed by atoms with Gasteiger partial charge < -0.3 is 14.7 Å². The van der Waals surface area contributed by atoms with Crippen LogP contribution in [0, 0.1) is 0 Å². The molecule has 0 aliphatic heterocycles. The minimum atomic E-state index is -3.92. The molecule has 0 spiro atoms. The predicted octanol–water partition coefficient (Wildman–Crippen LogP) is 4.45. The monoisotopic (exact) mass is 467 g/mol. The van der Waals surface area contributed by atoms with Crippen molar-refractivity contribution in [2.45, 2.75) is 49.6 Å². The number of carbonyl (C=O) groups excluding carboxylic acids is 1. The molecule has 0 aliphatic rings. The molecular weight excluding hydrogens is 438 g/mol. The normalized spacial score (nSPS) is 13.3. The molecule has 2 unspecified atom stereocenters. The first-order valence-corrected chi connectivity index (χ1v) is 12.2. The van der Waals surface area contributed by atoms with E-state index in [2.05, 4.69) is 0 Å². The van der Waals surface area contributed by atoms with E-state index in [1.54, 1.807) is 56.3 Å². The van der Waals surface area contributed by atoms with Crippen molar-refractivity contribution in [1.82, 2.24) is 0 Å². The fraction of sp³-hybridized carbons (Fsp3) is 0.269. The molecule has 6 nitrogen and oxygen atoms in total. The minimum Gasteiger partial charge on any atom is -0.463 e. The lowest BCUT2D eigenvalue weighted by Crippen LogP contribution is -2.33. The highest BCUT2D eigenvalue weighted by Gasteiger charge is 2.24. The number of nitrogens with two attached hydrogens (primary N) is 1. The Morgan fingerprint density at radius 2 is 1.45 bits per heavy atom. The summed E-state index contributed by atoms with van der Waals surface area (Å²) >= 11 is 0. The van der Waals surface area contributed by atoms with Crippen molar-refractivity contribution in [3.63, 3.8) is 0 Å². The fourth-order valence-corrected chi connectivity index (χ4v) is 4.51. The number of carbonyl (C=O) groups is 1. The van der Waals surface area contributed by atoms with E-state index in [-0.39, 0.29) is 35.1 Å². The summed E-state index contributed by atoms with van der Waals surface area (Å²) in [5, 5.41) is 0. The van der Waals surface area contributed by atoms with Crippen LogP contribution in [0.15, 0.2) is 89.8 Å². The number of esters is 1. The quantitative estimate of drug-likeness (QED) is 0.350. The maximum atomic E-state index is 12.5. The van der Waals surface area contributed by atoms with Crippen molar-refractivity contribution in [3.05, 3.63) is 96.1 Å². The van der Waals surface area contributed by atoms with Crippen LogP contribution in [0.5, 0.6) is 5.75 Å². The van der Waals surface area contributed by atoms with Gasteiger partial charge in [0.15, 0.2) is 0 Å². The van der Waals surface area contributed by atoms with E-state index in [0.29, 0.717) is 6.42 Å². The van der Waals surface area contributed by atoms with E-state index in [9.17, 15) is 13.2 Å². The number of hydrogen-bond acceptors (Lipinski definition) is 6. The molecule has 7 heteroatoms. The van der Waals surface area contributed by atoms with Gasteiger partial charge >= 0.3 is 16.1 Å². The van der Waals surface area contributed by atoms with Crippen LogP contribution in [0.4, 0.5) is 0 Å². The molecule has 0 aromatic heterocycles. The Hall–Kier alpha value is -3.16. The van der Waals surface area contributed by atoms with Crippen LogP contribution in [0.1, 0.15) is 37.3 Å². The van der Waals surface area contributed by atoms with Gasteiger partial charge in [-0.05, 0) is 55.7 Å². The average molecular weight is 468 g/mol. The lowest BCUT2D eigenvalue weighted by molar-refractivity contribution is -0.147. The summed E-state index contributed by atoms with van der Waals surface area (Å²) in [4.78, 5) is 12.3. The summed E-state index contributed by atoms with van der Waals surface area (Å²) in [7, 11) is -3.92. The zero-order valence-electron chi connectivity index (χ0n) is 18.8. The van der Waals surface area contributed by atoms with Crippen LogP contribution in [-0.4, -0.2) is 26.5 Å². The topological polar surface area (TPSA) is 95.7 Å². The van der Waals surface area contributed by atoms with Gasteiger partial charge in [0.2, 0.25) is 0 Å². The SMILES string of the molecule is CC(C)OC(=O)CC(N)C(Cc1ccccc1)c1ccc(OS(=O)(=O)c2ccccc2)cc1. The van der Waals surface area contributed by atoms with Crippen molar-refractivity contribution in [3.8, 4) is 5.75 Å². The molecule has 0 fully saturated rings. The Balaban J connectivity index is 1.80. The Morgan fingerprint density at radius 3 is 2.03 bits per heavy atom. The van der Waals surface area contributed by atoms with Gasteiger partial charge in [-0.15, -0.1) is 0 Å². The molecule has 2 atom stereocenters. The summed E-state index contributed by atoms with van der Waals surface area (Å²) in [5.41, 5.74) is 8.43. The van der Waals surface area contributed by atoms with Crippen molar-refractivity contribution in [2.24, 2.45) is 5.73 Å². The van der Waals surface area contributed by atoms with Crippen LogP contribution in [0.3, 0.4) is 0 Å². The third-order valence-electron chi connectivity index (χ3n) is 5.13. The van der Waals surface area contributed by atoms with Crippen molar-refractivity contribution in [2.75, 3.05) is 0 Å². The highest BCUT2D eigenvalue weighted by atomic mass is 32.2. The van der Waals surface area contributed by atoms with Crippen LogP contribution in [0.25, 0.3) is 0 Å². The van der Waals surface area contributed by atoms with Crippen LogP contribution < -0.4 is 9.92 Å². The molecule has 0 radical (unpaired) electrons. The Kier molecular flexibility index (Phi) is 8.25. The average Bonchev–Trinajstić information content (AvgIpc) is 2.78. The van der Waals surface area contributed by atoms with E-state index < -0.39 is 16.2 Å². The summed E-state index contributed by atoms with van der Waals surface area (Å²) < 4.78 is 35.5. The van der Waals surface area contributed by atoms with Gasteiger partial charge in [0, 0.05) is 12.0 Å². The Labute approximate surface area is 195 Å². The summed E-state index contributed by atoms with van der Waals surface area (Å²) in [6.45, 7) is 3.60. The zero-order chi connectivity index (χ0) is 23.8.